The van der Waals surface area contributed by atoms with Crippen LogP contribution in [-0.2, 0) is 0 Å². The molecule has 0 aliphatic carbocycles. The van der Waals surface area contributed by atoms with Crippen molar-refractivity contribution < 1.29 is 9.21 Å². The van der Waals surface area contributed by atoms with Crippen molar-refractivity contribution in [3.8, 4) is 11.1 Å². The van der Waals surface area contributed by atoms with Gasteiger partial charge < -0.3 is 14.2 Å². The Morgan fingerprint density at radius 1 is 0.812 bits per heavy atom. The van der Waals surface area contributed by atoms with Crippen LogP contribution >= 0.6 is 11.6 Å². The summed E-state index contributed by atoms with van der Waals surface area (Å²) in [6.07, 6.45) is 0. The minimum atomic E-state index is -0.499. The quantitative estimate of drug-likeness (QED) is 0.442. The van der Waals surface area contributed by atoms with Crippen molar-refractivity contribution in [1.29, 1.82) is 0 Å². The molecular weight excluding hydrogens is 424 g/mol. The van der Waals surface area contributed by atoms with Crippen LogP contribution in [0, 0.1) is 0 Å². The van der Waals surface area contributed by atoms with Gasteiger partial charge in [0.2, 0.25) is 5.76 Å². The molecule has 32 heavy (non-hydrogen) atoms. The minimum Gasteiger partial charge on any atom is -0.416 e. The van der Waals surface area contributed by atoms with E-state index in [-0.39, 0.29) is 11.7 Å². The number of carbonyl (C=O) groups is 1. The number of carbonyl (C=O) groups excluding carboxylic acids is 1. The Hall–Kier alpha value is -3.57. The Morgan fingerprint density at radius 2 is 1.50 bits per heavy atom. The number of amides is 1. The van der Waals surface area contributed by atoms with E-state index in [9.17, 15) is 9.59 Å². The molecular formula is C26H21ClN2O3. The highest BCUT2D eigenvalue weighted by Gasteiger charge is 2.28. The molecule has 1 aliphatic heterocycles. The van der Waals surface area contributed by atoms with Crippen molar-refractivity contribution in [3.63, 3.8) is 0 Å². The van der Waals surface area contributed by atoms with Gasteiger partial charge in [-0.05, 0) is 29.8 Å². The Morgan fingerprint density at radius 3 is 2.22 bits per heavy atom. The fourth-order valence-corrected chi connectivity index (χ4v) is 4.41. The standard InChI is InChI=1S/C26H21ClN2O3/c27-19-9-6-10-20(17-19)28-13-15-29(16-14-28)25(30)24-23(18-7-2-1-3-8-18)21-11-4-5-12-22(21)26(31)32-24/h1-12,17H,13-16H2. The third-order valence-electron chi connectivity index (χ3n) is 5.84. The predicted octanol–water partition coefficient (Wildman–Crippen LogP) is 5.08. The van der Waals surface area contributed by atoms with Crippen LogP contribution in [0.1, 0.15) is 10.6 Å². The molecule has 6 heteroatoms. The Balaban J connectivity index is 1.50. The minimum absolute atomic E-state index is 0.0936. The van der Waals surface area contributed by atoms with E-state index in [4.69, 9.17) is 16.0 Å². The molecule has 4 aromatic rings. The second-order valence-corrected chi connectivity index (χ2v) is 8.20. The van der Waals surface area contributed by atoms with Crippen LogP contribution in [0.15, 0.2) is 88.1 Å². The molecule has 1 aliphatic rings. The average molecular weight is 445 g/mol. The van der Waals surface area contributed by atoms with Gasteiger partial charge in [0.1, 0.15) is 0 Å². The van der Waals surface area contributed by atoms with Crippen molar-refractivity contribution in [2.24, 2.45) is 0 Å². The third-order valence-corrected chi connectivity index (χ3v) is 6.07. The van der Waals surface area contributed by atoms with Gasteiger partial charge in [-0.2, -0.15) is 0 Å². The summed E-state index contributed by atoms with van der Waals surface area (Å²) < 4.78 is 5.64. The fourth-order valence-electron chi connectivity index (χ4n) is 4.23. The highest BCUT2D eigenvalue weighted by atomic mass is 35.5. The van der Waals surface area contributed by atoms with E-state index >= 15 is 0 Å². The zero-order chi connectivity index (χ0) is 22.1. The first-order valence-corrected chi connectivity index (χ1v) is 10.9. The van der Waals surface area contributed by atoms with Gasteiger partial charge >= 0.3 is 5.63 Å². The van der Waals surface area contributed by atoms with Gasteiger partial charge in [0.25, 0.3) is 5.91 Å². The molecule has 1 saturated heterocycles. The van der Waals surface area contributed by atoms with Crippen LogP contribution < -0.4 is 10.5 Å². The zero-order valence-corrected chi connectivity index (χ0v) is 18.1. The van der Waals surface area contributed by atoms with E-state index in [1.807, 2.05) is 66.7 Å². The van der Waals surface area contributed by atoms with Crippen LogP contribution in [0.4, 0.5) is 5.69 Å². The molecule has 5 nitrogen and oxygen atoms in total. The number of halogens is 1. The highest BCUT2D eigenvalue weighted by Crippen LogP contribution is 2.31. The molecule has 160 valence electrons. The number of nitrogens with zero attached hydrogens (tertiary/aromatic N) is 2. The van der Waals surface area contributed by atoms with Gasteiger partial charge in [0.05, 0.1) is 5.39 Å². The molecule has 0 radical (unpaired) electrons. The van der Waals surface area contributed by atoms with Gasteiger partial charge in [-0.25, -0.2) is 4.79 Å². The molecule has 0 unspecified atom stereocenters. The first-order chi connectivity index (χ1) is 15.6. The van der Waals surface area contributed by atoms with Crippen molar-refractivity contribution in [2.45, 2.75) is 0 Å². The SMILES string of the molecule is O=C(c1oc(=O)c2ccccc2c1-c1ccccc1)N1CCN(c2cccc(Cl)c2)CC1. The summed E-state index contributed by atoms with van der Waals surface area (Å²) in [5, 5.41) is 1.87. The van der Waals surface area contributed by atoms with Gasteiger partial charge in [-0.3, -0.25) is 4.79 Å². The molecule has 3 aromatic carbocycles. The molecule has 0 N–H and O–H groups in total. The summed E-state index contributed by atoms with van der Waals surface area (Å²) in [5.41, 5.74) is 2.03. The van der Waals surface area contributed by atoms with E-state index in [1.54, 1.807) is 17.0 Å². The smallest absolute Gasteiger partial charge is 0.344 e. The molecule has 0 atom stereocenters. The second kappa shape index (κ2) is 8.52. The summed E-state index contributed by atoms with van der Waals surface area (Å²) in [6.45, 7) is 2.39. The number of anilines is 1. The lowest BCUT2D eigenvalue weighted by Gasteiger charge is -2.36. The molecule has 1 aromatic heterocycles. The maximum Gasteiger partial charge on any atom is 0.344 e. The summed E-state index contributed by atoms with van der Waals surface area (Å²) in [5.74, 6) is -0.173. The van der Waals surface area contributed by atoms with Crippen molar-refractivity contribution in [3.05, 3.63) is 100 Å². The highest BCUT2D eigenvalue weighted by molar-refractivity contribution is 6.30. The van der Waals surface area contributed by atoms with E-state index < -0.39 is 5.63 Å². The largest absolute Gasteiger partial charge is 0.416 e. The maximum atomic E-state index is 13.5. The number of hydrogen-bond acceptors (Lipinski definition) is 4. The van der Waals surface area contributed by atoms with Gasteiger partial charge in [0.15, 0.2) is 0 Å². The van der Waals surface area contributed by atoms with E-state index in [0.29, 0.717) is 42.2 Å². The predicted molar refractivity (Wildman–Crippen MR) is 127 cm³/mol. The van der Waals surface area contributed by atoms with E-state index in [2.05, 4.69) is 4.90 Å². The van der Waals surface area contributed by atoms with Gasteiger partial charge in [-0.1, -0.05) is 66.2 Å². The summed E-state index contributed by atoms with van der Waals surface area (Å²) in [6, 6.07) is 24.6. The number of hydrogen-bond donors (Lipinski definition) is 0. The molecule has 0 bridgehead atoms. The summed E-state index contributed by atoms with van der Waals surface area (Å²) in [4.78, 5) is 30.2. The van der Waals surface area contributed by atoms with E-state index in [0.717, 1.165) is 16.6 Å². The van der Waals surface area contributed by atoms with Crippen LogP contribution in [-0.4, -0.2) is 37.0 Å². The average Bonchev–Trinajstić information content (AvgIpc) is 2.84. The Bertz CT molecular complexity index is 1340. The van der Waals surface area contributed by atoms with Gasteiger partial charge in [-0.15, -0.1) is 0 Å². The monoisotopic (exact) mass is 444 g/mol. The summed E-state index contributed by atoms with van der Waals surface area (Å²) in [7, 11) is 0. The van der Waals surface area contributed by atoms with Crippen LogP contribution in [0.3, 0.4) is 0 Å². The first kappa shape index (κ1) is 20.3. The van der Waals surface area contributed by atoms with Crippen molar-refractivity contribution >= 4 is 34.0 Å². The fraction of sp³-hybridized carbons (Fsp3) is 0.154. The van der Waals surface area contributed by atoms with Crippen LogP contribution in [0.2, 0.25) is 5.02 Å². The Kier molecular flexibility index (Phi) is 5.41. The molecule has 1 amide bonds. The topological polar surface area (TPSA) is 53.8 Å². The van der Waals surface area contributed by atoms with Gasteiger partial charge in [0, 0.05) is 47.8 Å². The number of rotatable bonds is 3. The Labute approximate surface area is 190 Å². The zero-order valence-electron chi connectivity index (χ0n) is 17.3. The second-order valence-electron chi connectivity index (χ2n) is 7.76. The van der Waals surface area contributed by atoms with E-state index in [1.165, 1.54) is 0 Å². The third kappa shape index (κ3) is 3.76. The van der Waals surface area contributed by atoms with Crippen LogP contribution in [0.5, 0.6) is 0 Å². The number of fused-ring (bicyclic) bond motifs is 1. The number of benzene rings is 3. The molecule has 0 spiro atoms. The lowest BCUT2D eigenvalue weighted by Crippen LogP contribution is -2.49. The van der Waals surface area contributed by atoms with Crippen molar-refractivity contribution in [1.82, 2.24) is 4.90 Å². The molecule has 1 fully saturated rings. The molecule has 2 heterocycles. The van der Waals surface area contributed by atoms with Crippen LogP contribution in [0.25, 0.3) is 21.9 Å². The normalized spacial score (nSPS) is 14.0. The molecule has 0 saturated carbocycles. The maximum absolute atomic E-state index is 13.5. The lowest BCUT2D eigenvalue weighted by molar-refractivity contribution is 0.0711. The first-order valence-electron chi connectivity index (χ1n) is 10.5. The number of piperazine rings is 1. The lowest BCUT2D eigenvalue weighted by atomic mass is 9.98. The summed E-state index contributed by atoms with van der Waals surface area (Å²) >= 11 is 6.13. The van der Waals surface area contributed by atoms with Crippen molar-refractivity contribution in [2.75, 3.05) is 31.1 Å². The molecule has 5 rings (SSSR count).